The third kappa shape index (κ3) is 3.70. The number of aliphatic hydroxyl groups is 1. The molecule has 4 heteroatoms. The number of aromatic nitrogens is 2. The lowest BCUT2D eigenvalue weighted by Crippen LogP contribution is -2.29. The Bertz CT molecular complexity index is 478. The smallest absolute Gasteiger partial charge is 0.107 e. The van der Waals surface area contributed by atoms with Crippen LogP contribution in [0.1, 0.15) is 71.9 Å². The maximum Gasteiger partial charge on any atom is 0.107 e. The molecule has 1 aliphatic carbocycles. The minimum absolute atomic E-state index is 0.326. The number of hydrogen-bond acceptors (Lipinski definition) is 2. The highest BCUT2D eigenvalue weighted by Gasteiger charge is 2.39. The van der Waals surface area contributed by atoms with Gasteiger partial charge in [-0.05, 0) is 65.8 Å². The van der Waals surface area contributed by atoms with Crippen LogP contribution < -0.4 is 0 Å². The van der Waals surface area contributed by atoms with Crippen LogP contribution in [0.15, 0.2) is 10.7 Å². The fourth-order valence-electron chi connectivity index (χ4n) is 3.63. The fourth-order valence-corrected chi connectivity index (χ4v) is 4.30. The number of rotatable bonds is 3. The van der Waals surface area contributed by atoms with E-state index in [1.54, 1.807) is 0 Å². The summed E-state index contributed by atoms with van der Waals surface area (Å²) in [6, 6.07) is 0. The van der Waals surface area contributed by atoms with Gasteiger partial charge in [0.05, 0.1) is 16.4 Å². The molecule has 2 atom stereocenters. The van der Waals surface area contributed by atoms with E-state index in [1.165, 1.54) is 6.42 Å². The van der Waals surface area contributed by atoms with Gasteiger partial charge in [-0.1, -0.05) is 27.7 Å². The van der Waals surface area contributed by atoms with E-state index in [-0.39, 0.29) is 0 Å². The van der Waals surface area contributed by atoms with Crippen molar-refractivity contribution in [3.8, 4) is 0 Å². The Morgan fingerprint density at radius 3 is 2.71 bits per heavy atom. The summed E-state index contributed by atoms with van der Waals surface area (Å²) in [6.07, 6.45) is 7.92. The van der Waals surface area contributed by atoms with Gasteiger partial charge in [-0.3, -0.25) is 4.68 Å². The number of nitrogens with zero attached hydrogens (tertiary/aromatic N) is 2. The monoisotopic (exact) mass is 356 g/mol. The summed E-state index contributed by atoms with van der Waals surface area (Å²) < 4.78 is 2.94. The van der Waals surface area contributed by atoms with Gasteiger partial charge < -0.3 is 5.11 Å². The third-order valence-electron chi connectivity index (χ3n) is 4.95. The van der Waals surface area contributed by atoms with Crippen molar-refractivity contribution in [2.45, 2.75) is 78.4 Å². The first kappa shape index (κ1) is 17.0. The summed E-state index contributed by atoms with van der Waals surface area (Å²) in [6.45, 7) is 9.97. The van der Waals surface area contributed by atoms with Gasteiger partial charge in [-0.25, -0.2) is 0 Å². The molecule has 2 unspecified atom stereocenters. The number of hydrogen-bond donors (Lipinski definition) is 1. The molecule has 0 spiro atoms. The molecule has 1 aromatic heterocycles. The summed E-state index contributed by atoms with van der Waals surface area (Å²) in [4.78, 5) is 0. The normalized spacial score (nSPS) is 27.6. The Kier molecular flexibility index (Phi) is 5.19. The maximum atomic E-state index is 11.3. The molecule has 120 valence electrons. The predicted molar refractivity (Wildman–Crippen MR) is 90.1 cm³/mol. The Balaban J connectivity index is 2.25. The lowest BCUT2D eigenvalue weighted by atomic mass is 9.76. The Labute approximate surface area is 137 Å². The highest BCUT2D eigenvalue weighted by atomic mass is 79.9. The van der Waals surface area contributed by atoms with Gasteiger partial charge >= 0.3 is 0 Å². The van der Waals surface area contributed by atoms with E-state index in [2.05, 4.69) is 48.7 Å². The summed E-state index contributed by atoms with van der Waals surface area (Å²) in [5, 5.41) is 15.7. The van der Waals surface area contributed by atoms with Crippen LogP contribution in [0.4, 0.5) is 0 Å². The van der Waals surface area contributed by atoms with Gasteiger partial charge in [0, 0.05) is 6.54 Å². The zero-order valence-electron chi connectivity index (χ0n) is 13.8. The molecule has 1 aliphatic rings. The van der Waals surface area contributed by atoms with Gasteiger partial charge in [0.2, 0.25) is 0 Å². The maximum absolute atomic E-state index is 11.3. The Morgan fingerprint density at radius 1 is 1.38 bits per heavy atom. The predicted octanol–water partition coefficient (Wildman–Crippen LogP) is 4.87. The van der Waals surface area contributed by atoms with Crippen LogP contribution in [-0.2, 0) is 12.1 Å². The quantitative estimate of drug-likeness (QED) is 0.784. The molecule has 0 aliphatic heterocycles. The largest absolute Gasteiger partial charge is 0.384 e. The molecule has 1 N–H and O–H groups in total. The SMILES string of the molecule is CCCn1ncc(Br)c1C1(O)CCCC(C(C)(C)C)CC1. The van der Waals surface area contributed by atoms with Crippen molar-refractivity contribution >= 4 is 15.9 Å². The molecule has 0 saturated heterocycles. The van der Waals surface area contributed by atoms with Crippen molar-refractivity contribution in [3.05, 3.63) is 16.4 Å². The van der Waals surface area contributed by atoms with Gasteiger partial charge in [0.1, 0.15) is 5.60 Å². The van der Waals surface area contributed by atoms with Crippen LogP contribution in [0.5, 0.6) is 0 Å². The average molecular weight is 357 g/mol. The summed E-state index contributed by atoms with van der Waals surface area (Å²) in [5.74, 6) is 0.688. The number of halogens is 1. The van der Waals surface area contributed by atoms with E-state index in [0.29, 0.717) is 11.3 Å². The van der Waals surface area contributed by atoms with Crippen molar-refractivity contribution in [2.24, 2.45) is 11.3 Å². The molecule has 0 amide bonds. The van der Waals surface area contributed by atoms with Crippen molar-refractivity contribution < 1.29 is 5.11 Å². The van der Waals surface area contributed by atoms with Crippen molar-refractivity contribution in [1.82, 2.24) is 9.78 Å². The van der Waals surface area contributed by atoms with Crippen LogP contribution in [0, 0.1) is 11.3 Å². The second kappa shape index (κ2) is 6.41. The molecule has 1 aromatic rings. The van der Waals surface area contributed by atoms with E-state index < -0.39 is 5.60 Å². The molecular formula is C17H29BrN2O. The topological polar surface area (TPSA) is 38.0 Å². The molecule has 21 heavy (non-hydrogen) atoms. The average Bonchev–Trinajstić information content (AvgIpc) is 2.62. The van der Waals surface area contributed by atoms with Crippen LogP contribution in [0.25, 0.3) is 0 Å². The standard InChI is InChI=1S/C17H29BrN2O/c1-5-11-20-15(14(18)12-19-20)17(21)9-6-7-13(8-10-17)16(2,3)4/h12-13,21H,5-11H2,1-4H3. The third-order valence-corrected chi connectivity index (χ3v) is 5.53. The molecule has 0 bridgehead atoms. The lowest BCUT2D eigenvalue weighted by Gasteiger charge is -2.31. The number of aryl methyl sites for hydroxylation is 1. The zero-order valence-corrected chi connectivity index (χ0v) is 15.4. The molecular weight excluding hydrogens is 328 g/mol. The van der Waals surface area contributed by atoms with E-state index in [1.807, 2.05) is 10.9 Å². The van der Waals surface area contributed by atoms with Crippen molar-refractivity contribution in [2.75, 3.05) is 0 Å². The molecule has 1 saturated carbocycles. The Hall–Kier alpha value is -0.350. The highest BCUT2D eigenvalue weighted by Crippen LogP contribution is 2.44. The molecule has 1 fully saturated rings. The van der Waals surface area contributed by atoms with E-state index in [4.69, 9.17) is 0 Å². The molecule has 0 radical (unpaired) electrons. The fraction of sp³-hybridized carbons (Fsp3) is 0.824. The summed E-state index contributed by atoms with van der Waals surface area (Å²) >= 11 is 3.59. The highest BCUT2D eigenvalue weighted by molar-refractivity contribution is 9.10. The first-order chi connectivity index (χ1) is 9.78. The van der Waals surface area contributed by atoms with Crippen LogP contribution in [0.2, 0.25) is 0 Å². The lowest BCUT2D eigenvalue weighted by molar-refractivity contribution is 0.00850. The summed E-state index contributed by atoms with van der Waals surface area (Å²) in [7, 11) is 0. The second-order valence-electron chi connectivity index (χ2n) is 7.59. The molecule has 2 rings (SSSR count). The minimum Gasteiger partial charge on any atom is -0.384 e. The Morgan fingerprint density at radius 2 is 2.10 bits per heavy atom. The first-order valence-electron chi connectivity index (χ1n) is 8.22. The molecule has 3 nitrogen and oxygen atoms in total. The van der Waals surface area contributed by atoms with Crippen LogP contribution >= 0.6 is 15.9 Å². The molecule has 0 aromatic carbocycles. The summed E-state index contributed by atoms with van der Waals surface area (Å²) in [5.41, 5.74) is 0.579. The first-order valence-corrected chi connectivity index (χ1v) is 9.01. The van der Waals surface area contributed by atoms with Crippen molar-refractivity contribution in [1.29, 1.82) is 0 Å². The van der Waals surface area contributed by atoms with Crippen LogP contribution in [-0.4, -0.2) is 14.9 Å². The van der Waals surface area contributed by atoms with Crippen LogP contribution in [0.3, 0.4) is 0 Å². The van der Waals surface area contributed by atoms with Gasteiger partial charge in [0.15, 0.2) is 0 Å². The minimum atomic E-state index is -0.732. The van der Waals surface area contributed by atoms with E-state index >= 15 is 0 Å². The second-order valence-corrected chi connectivity index (χ2v) is 8.44. The van der Waals surface area contributed by atoms with Gasteiger partial charge in [-0.2, -0.15) is 5.10 Å². The van der Waals surface area contributed by atoms with Crippen molar-refractivity contribution in [3.63, 3.8) is 0 Å². The zero-order chi connectivity index (χ0) is 15.7. The van der Waals surface area contributed by atoms with E-state index in [0.717, 1.165) is 48.8 Å². The van der Waals surface area contributed by atoms with Gasteiger partial charge in [0.25, 0.3) is 0 Å². The van der Waals surface area contributed by atoms with E-state index in [9.17, 15) is 5.11 Å². The molecule has 1 heterocycles. The van der Waals surface area contributed by atoms with Gasteiger partial charge in [-0.15, -0.1) is 0 Å².